The van der Waals surface area contributed by atoms with Crippen LogP contribution in [0.15, 0.2) is 18.2 Å². The molecule has 4 nitrogen and oxygen atoms in total. The number of anilines is 1. The molecule has 0 unspecified atom stereocenters. The second kappa shape index (κ2) is 5.21. The zero-order valence-electron chi connectivity index (χ0n) is 10.5. The summed E-state index contributed by atoms with van der Waals surface area (Å²) < 4.78 is 0. The number of carbonyl (C=O) groups is 2. The Balaban J connectivity index is 2.21. The van der Waals surface area contributed by atoms with Crippen molar-refractivity contribution in [3.8, 4) is 0 Å². The van der Waals surface area contributed by atoms with Gasteiger partial charge in [0.05, 0.1) is 0 Å². The highest BCUT2D eigenvalue weighted by molar-refractivity contribution is 5.96. The fraction of sp³-hybridized carbons (Fsp3) is 0.429. The Morgan fingerprint density at radius 2 is 2.17 bits per heavy atom. The van der Waals surface area contributed by atoms with Gasteiger partial charge in [0.15, 0.2) is 0 Å². The molecule has 96 valence electrons. The Morgan fingerprint density at radius 1 is 1.39 bits per heavy atom. The van der Waals surface area contributed by atoms with Crippen molar-refractivity contribution in [2.45, 2.75) is 32.1 Å². The Morgan fingerprint density at radius 3 is 2.89 bits per heavy atom. The van der Waals surface area contributed by atoms with Gasteiger partial charge in [0.2, 0.25) is 5.91 Å². The van der Waals surface area contributed by atoms with Gasteiger partial charge in [-0.1, -0.05) is 18.2 Å². The molecule has 0 spiro atoms. The SMILES string of the molecule is CN1C(=O)CCc2cccc(CCCC(=O)O)c21. The molecule has 0 saturated heterocycles. The van der Waals surface area contributed by atoms with Gasteiger partial charge < -0.3 is 10.0 Å². The minimum Gasteiger partial charge on any atom is -0.481 e. The topological polar surface area (TPSA) is 57.6 Å². The molecule has 0 radical (unpaired) electrons. The number of nitrogens with zero attached hydrogens (tertiary/aromatic N) is 1. The third kappa shape index (κ3) is 2.53. The van der Waals surface area contributed by atoms with Crippen LogP contribution in [0.3, 0.4) is 0 Å². The van der Waals surface area contributed by atoms with Crippen molar-refractivity contribution in [3.05, 3.63) is 29.3 Å². The summed E-state index contributed by atoms with van der Waals surface area (Å²) in [7, 11) is 1.79. The molecule has 0 fully saturated rings. The maximum atomic E-state index is 11.7. The average molecular weight is 247 g/mol. The lowest BCUT2D eigenvalue weighted by atomic mass is 9.95. The van der Waals surface area contributed by atoms with Crippen LogP contribution in [0.1, 0.15) is 30.4 Å². The minimum absolute atomic E-state index is 0.133. The summed E-state index contributed by atoms with van der Waals surface area (Å²) in [6, 6.07) is 6.01. The summed E-state index contributed by atoms with van der Waals surface area (Å²) in [4.78, 5) is 24.0. The van der Waals surface area contributed by atoms with Crippen LogP contribution in [0, 0.1) is 0 Å². The van der Waals surface area contributed by atoms with E-state index < -0.39 is 5.97 Å². The largest absolute Gasteiger partial charge is 0.481 e. The first-order valence-corrected chi connectivity index (χ1v) is 6.18. The number of amides is 1. The molecule has 0 aliphatic carbocycles. The Bertz CT molecular complexity index is 482. The number of para-hydroxylation sites is 1. The van der Waals surface area contributed by atoms with Gasteiger partial charge in [0, 0.05) is 25.6 Å². The van der Waals surface area contributed by atoms with Crippen LogP contribution >= 0.6 is 0 Å². The summed E-state index contributed by atoms with van der Waals surface area (Å²) in [5.41, 5.74) is 3.24. The molecule has 1 aliphatic rings. The van der Waals surface area contributed by atoms with Crippen LogP contribution < -0.4 is 4.90 Å². The molecule has 1 amide bonds. The normalized spacial score (nSPS) is 14.5. The van der Waals surface area contributed by atoms with E-state index >= 15 is 0 Å². The van der Waals surface area contributed by atoms with Crippen LogP contribution in [0.4, 0.5) is 5.69 Å². The molecule has 4 heteroatoms. The molecular formula is C14H17NO3. The second-order valence-electron chi connectivity index (χ2n) is 4.62. The Labute approximate surface area is 106 Å². The average Bonchev–Trinajstić information content (AvgIpc) is 2.33. The maximum Gasteiger partial charge on any atom is 0.303 e. The minimum atomic E-state index is -0.774. The number of carbonyl (C=O) groups excluding carboxylic acids is 1. The zero-order valence-corrected chi connectivity index (χ0v) is 10.5. The molecule has 0 atom stereocenters. The van der Waals surface area contributed by atoms with Crippen LogP contribution in [-0.2, 0) is 22.4 Å². The van der Waals surface area contributed by atoms with Crippen molar-refractivity contribution in [1.82, 2.24) is 0 Å². The van der Waals surface area contributed by atoms with E-state index in [1.165, 1.54) is 5.56 Å². The zero-order chi connectivity index (χ0) is 13.1. The van der Waals surface area contributed by atoms with Crippen molar-refractivity contribution in [2.24, 2.45) is 0 Å². The van der Waals surface area contributed by atoms with Crippen molar-refractivity contribution in [2.75, 3.05) is 11.9 Å². The molecular weight excluding hydrogens is 230 g/mol. The molecule has 1 N–H and O–H groups in total. The van der Waals surface area contributed by atoms with E-state index in [1.54, 1.807) is 11.9 Å². The third-order valence-electron chi connectivity index (χ3n) is 3.36. The highest BCUT2D eigenvalue weighted by Crippen LogP contribution is 2.31. The summed E-state index contributed by atoms with van der Waals surface area (Å²) in [5, 5.41) is 8.66. The van der Waals surface area contributed by atoms with Gasteiger partial charge in [0.25, 0.3) is 0 Å². The molecule has 0 saturated carbocycles. The molecule has 1 aromatic rings. The summed E-state index contributed by atoms with van der Waals surface area (Å²) >= 11 is 0. The number of carboxylic acids is 1. The van der Waals surface area contributed by atoms with E-state index in [1.807, 2.05) is 18.2 Å². The quantitative estimate of drug-likeness (QED) is 0.885. The highest BCUT2D eigenvalue weighted by atomic mass is 16.4. The van der Waals surface area contributed by atoms with E-state index in [0.29, 0.717) is 19.3 Å². The molecule has 1 aliphatic heterocycles. The van der Waals surface area contributed by atoms with Crippen LogP contribution in [0.2, 0.25) is 0 Å². The number of rotatable bonds is 4. The number of carboxylic acid groups (broad SMARTS) is 1. The number of hydrogen-bond donors (Lipinski definition) is 1. The highest BCUT2D eigenvalue weighted by Gasteiger charge is 2.22. The lowest BCUT2D eigenvalue weighted by molar-refractivity contribution is -0.137. The van der Waals surface area contributed by atoms with Crippen LogP contribution in [0.5, 0.6) is 0 Å². The van der Waals surface area contributed by atoms with Crippen molar-refractivity contribution >= 4 is 17.6 Å². The van der Waals surface area contributed by atoms with Crippen molar-refractivity contribution in [1.29, 1.82) is 0 Å². The van der Waals surface area contributed by atoms with E-state index in [0.717, 1.165) is 17.7 Å². The van der Waals surface area contributed by atoms with E-state index in [4.69, 9.17) is 5.11 Å². The number of fused-ring (bicyclic) bond motifs is 1. The summed E-state index contributed by atoms with van der Waals surface area (Å²) in [5.74, 6) is -0.641. The van der Waals surface area contributed by atoms with Gasteiger partial charge in [0.1, 0.15) is 0 Å². The second-order valence-corrected chi connectivity index (χ2v) is 4.62. The summed E-state index contributed by atoms with van der Waals surface area (Å²) in [6.45, 7) is 0. The predicted octanol–water partition coefficient (Wildman–Crippen LogP) is 2.00. The molecule has 0 aromatic heterocycles. The fourth-order valence-electron chi connectivity index (χ4n) is 2.44. The first-order valence-electron chi connectivity index (χ1n) is 6.18. The van der Waals surface area contributed by atoms with Crippen molar-refractivity contribution < 1.29 is 14.7 Å². The van der Waals surface area contributed by atoms with Gasteiger partial charge >= 0.3 is 5.97 Å². The summed E-state index contributed by atoms with van der Waals surface area (Å²) in [6.07, 6.45) is 2.82. The van der Waals surface area contributed by atoms with Gasteiger partial charge in [-0.2, -0.15) is 0 Å². The number of aryl methyl sites for hydroxylation is 2. The van der Waals surface area contributed by atoms with E-state index in [-0.39, 0.29) is 12.3 Å². The number of benzene rings is 1. The lowest BCUT2D eigenvalue weighted by Gasteiger charge is -2.28. The lowest BCUT2D eigenvalue weighted by Crippen LogP contribution is -2.32. The van der Waals surface area contributed by atoms with Crippen LogP contribution in [0.25, 0.3) is 0 Å². The maximum absolute atomic E-state index is 11.7. The predicted molar refractivity (Wildman–Crippen MR) is 68.7 cm³/mol. The van der Waals surface area contributed by atoms with Crippen LogP contribution in [-0.4, -0.2) is 24.0 Å². The monoisotopic (exact) mass is 247 g/mol. The molecule has 1 aromatic carbocycles. The first-order chi connectivity index (χ1) is 8.59. The fourth-order valence-corrected chi connectivity index (χ4v) is 2.44. The number of hydrogen-bond acceptors (Lipinski definition) is 2. The smallest absolute Gasteiger partial charge is 0.303 e. The molecule has 18 heavy (non-hydrogen) atoms. The Kier molecular flexibility index (Phi) is 3.65. The molecule has 0 bridgehead atoms. The van der Waals surface area contributed by atoms with Crippen molar-refractivity contribution in [3.63, 3.8) is 0 Å². The van der Waals surface area contributed by atoms with E-state index in [2.05, 4.69) is 0 Å². The third-order valence-corrected chi connectivity index (χ3v) is 3.36. The van der Waals surface area contributed by atoms with Gasteiger partial charge in [-0.15, -0.1) is 0 Å². The van der Waals surface area contributed by atoms with Gasteiger partial charge in [-0.25, -0.2) is 0 Å². The molecule has 1 heterocycles. The Hall–Kier alpha value is -1.84. The van der Waals surface area contributed by atoms with Gasteiger partial charge in [-0.3, -0.25) is 9.59 Å². The van der Waals surface area contributed by atoms with E-state index in [9.17, 15) is 9.59 Å². The number of aliphatic carboxylic acids is 1. The van der Waals surface area contributed by atoms with Gasteiger partial charge in [-0.05, 0) is 30.4 Å². The molecule has 2 rings (SSSR count). The first kappa shape index (κ1) is 12.6. The standard InChI is InChI=1S/C14H17NO3/c1-15-12(16)9-8-11-5-2-4-10(14(11)15)6-3-7-13(17)18/h2,4-5H,3,6-9H2,1H3,(H,17,18).